The van der Waals surface area contributed by atoms with Crippen LogP contribution in [0.1, 0.15) is 9.67 Å². The van der Waals surface area contributed by atoms with Crippen molar-refractivity contribution < 1.29 is 9.53 Å². The molecule has 0 saturated heterocycles. The number of ether oxygens (including phenoxy) is 1. The van der Waals surface area contributed by atoms with Gasteiger partial charge in [-0.2, -0.15) is 0 Å². The Morgan fingerprint density at radius 2 is 2.50 bits per heavy atom. The predicted molar refractivity (Wildman–Crippen MR) is 36.3 cm³/mol. The highest BCUT2D eigenvalue weighted by atomic mass is 32.1. The molecule has 54 valence electrons. The fourth-order valence-electron chi connectivity index (χ4n) is 0.484. The molecule has 5 heteroatoms. The molecular weight excluding hydrogens is 154 g/mol. The molecule has 4 nitrogen and oxygen atoms in total. The molecule has 1 aromatic rings. The molecule has 0 bridgehead atoms. The Balaban J connectivity index is 2.95. The number of rotatable bonds is 1. The number of H-pyrrole nitrogens is 1. The minimum Gasteiger partial charge on any atom is -0.465 e. The van der Waals surface area contributed by atoms with Crippen LogP contribution in [0.3, 0.4) is 0 Å². The van der Waals surface area contributed by atoms with Gasteiger partial charge in [-0.3, -0.25) is 9.17 Å². The van der Waals surface area contributed by atoms with Gasteiger partial charge in [0.1, 0.15) is 4.88 Å². The van der Waals surface area contributed by atoms with Crippen LogP contribution in [0.4, 0.5) is 0 Å². The van der Waals surface area contributed by atoms with Crippen molar-refractivity contribution in [2.45, 2.75) is 0 Å². The van der Waals surface area contributed by atoms with Crippen molar-refractivity contribution in [1.82, 2.24) is 4.37 Å². The first-order valence-corrected chi connectivity index (χ1v) is 3.32. The Morgan fingerprint density at radius 1 is 1.80 bits per heavy atom. The third kappa shape index (κ3) is 1.24. The third-order valence-corrected chi connectivity index (χ3v) is 1.72. The fourth-order valence-corrected chi connectivity index (χ4v) is 1.09. The average molecular weight is 159 g/mol. The second-order valence-electron chi connectivity index (χ2n) is 1.57. The topological polar surface area (TPSA) is 59.2 Å². The van der Waals surface area contributed by atoms with Gasteiger partial charge in [0.2, 0.25) is 0 Å². The van der Waals surface area contributed by atoms with Gasteiger partial charge < -0.3 is 4.74 Å². The third-order valence-electron chi connectivity index (χ3n) is 0.910. The van der Waals surface area contributed by atoms with E-state index in [4.69, 9.17) is 0 Å². The first-order chi connectivity index (χ1) is 4.74. The van der Waals surface area contributed by atoms with Crippen LogP contribution in [0, 0.1) is 0 Å². The van der Waals surface area contributed by atoms with Crippen LogP contribution < -0.4 is 5.56 Å². The molecule has 0 fully saturated rings. The summed E-state index contributed by atoms with van der Waals surface area (Å²) in [6.45, 7) is 0. The summed E-state index contributed by atoms with van der Waals surface area (Å²) in [5.41, 5.74) is -0.273. The van der Waals surface area contributed by atoms with Crippen molar-refractivity contribution in [2.75, 3.05) is 7.11 Å². The Labute approximate surface area is 60.6 Å². The highest BCUT2D eigenvalue weighted by Crippen LogP contribution is 2.01. The molecule has 0 aliphatic carbocycles. The second kappa shape index (κ2) is 2.66. The molecule has 0 spiro atoms. The number of carbonyl (C=O) groups is 1. The first-order valence-electron chi connectivity index (χ1n) is 2.51. The number of aromatic nitrogens is 1. The van der Waals surface area contributed by atoms with E-state index in [0.717, 1.165) is 11.5 Å². The van der Waals surface area contributed by atoms with Gasteiger partial charge in [-0.05, 0) is 0 Å². The number of aromatic amines is 1. The molecule has 0 aromatic carbocycles. The number of carbonyl (C=O) groups excluding carboxylic acids is 1. The van der Waals surface area contributed by atoms with Crippen LogP contribution in [-0.4, -0.2) is 17.5 Å². The second-order valence-corrected chi connectivity index (χ2v) is 2.42. The van der Waals surface area contributed by atoms with Crippen molar-refractivity contribution in [1.29, 1.82) is 0 Å². The van der Waals surface area contributed by atoms with Gasteiger partial charge in [0.15, 0.2) is 0 Å². The normalized spacial score (nSPS) is 9.30. The molecule has 0 unspecified atom stereocenters. The van der Waals surface area contributed by atoms with Gasteiger partial charge in [0, 0.05) is 6.07 Å². The largest absolute Gasteiger partial charge is 0.465 e. The van der Waals surface area contributed by atoms with Gasteiger partial charge >= 0.3 is 5.97 Å². The Bertz CT molecular complexity index is 287. The highest BCUT2D eigenvalue weighted by molar-refractivity contribution is 7.07. The maximum Gasteiger partial charge on any atom is 0.349 e. The van der Waals surface area contributed by atoms with E-state index in [1.165, 1.54) is 13.2 Å². The smallest absolute Gasteiger partial charge is 0.349 e. The monoisotopic (exact) mass is 159 g/mol. The zero-order valence-electron chi connectivity index (χ0n) is 5.21. The standard InChI is InChI=1S/C5H5NO3S/c1-9-5(8)3-2-4(7)6-10-3/h2H,1H3,(H,6,7). The molecule has 0 amide bonds. The zero-order chi connectivity index (χ0) is 7.56. The lowest BCUT2D eigenvalue weighted by molar-refractivity contribution is 0.0606. The minimum absolute atomic E-state index is 0.273. The summed E-state index contributed by atoms with van der Waals surface area (Å²) in [5.74, 6) is -0.483. The van der Waals surface area contributed by atoms with E-state index in [2.05, 4.69) is 9.11 Å². The lowest BCUT2D eigenvalue weighted by Gasteiger charge is -1.89. The van der Waals surface area contributed by atoms with E-state index in [1.54, 1.807) is 0 Å². The fraction of sp³-hybridized carbons (Fsp3) is 0.200. The van der Waals surface area contributed by atoms with E-state index in [9.17, 15) is 9.59 Å². The quantitative estimate of drug-likeness (QED) is 0.596. The number of methoxy groups -OCH3 is 1. The number of esters is 1. The molecule has 0 aliphatic rings. The van der Waals surface area contributed by atoms with Crippen LogP contribution in [0.15, 0.2) is 10.9 Å². The van der Waals surface area contributed by atoms with E-state index >= 15 is 0 Å². The lowest BCUT2D eigenvalue weighted by Crippen LogP contribution is -1.99. The van der Waals surface area contributed by atoms with Crippen LogP contribution >= 0.6 is 11.5 Å². The molecule has 1 rings (SSSR count). The van der Waals surface area contributed by atoms with Gasteiger partial charge in [-0.25, -0.2) is 4.79 Å². The number of hydrogen-bond donors (Lipinski definition) is 1. The molecule has 0 saturated carbocycles. The average Bonchev–Trinajstić information content (AvgIpc) is 2.34. The molecule has 1 heterocycles. The number of nitrogens with one attached hydrogen (secondary N) is 1. The van der Waals surface area contributed by atoms with Crippen molar-refractivity contribution in [2.24, 2.45) is 0 Å². The van der Waals surface area contributed by atoms with Crippen molar-refractivity contribution in [3.8, 4) is 0 Å². The SMILES string of the molecule is COC(=O)c1cc(=O)[nH]s1. The lowest BCUT2D eigenvalue weighted by atomic mass is 10.5. The van der Waals surface area contributed by atoms with E-state index in [1.807, 2.05) is 0 Å². The van der Waals surface area contributed by atoms with Crippen molar-refractivity contribution >= 4 is 17.5 Å². The Hall–Kier alpha value is -1.10. The van der Waals surface area contributed by atoms with Crippen LogP contribution in [0.25, 0.3) is 0 Å². The maximum absolute atomic E-state index is 10.7. The molecule has 1 aromatic heterocycles. The maximum atomic E-state index is 10.7. The van der Waals surface area contributed by atoms with Gasteiger partial charge in [0.05, 0.1) is 7.11 Å². The van der Waals surface area contributed by atoms with E-state index < -0.39 is 5.97 Å². The van der Waals surface area contributed by atoms with Gasteiger partial charge in [-0.1, -0.05) is 11.5 Å². The predicted octanol–water partition coefficient (Wildman–Crippen LogP) is 0.223. The van der Waals surface area contributed by atoms with Gasteiger partial charge in [-0.15, -0.1) is 0 Å². The molecule has 1 N–H and O–H groups in total. The van der Waals surface area contributed by atoms with E-state index in [0.29, 0.717) is 4.88 Å². The summed E-state index contributed by atoms with van der Waals surface area (Å²) in [7, 11) is 1.27. The molecule has 10 heavy (non-hydrogen) atoms. The summed E-state index contributed by atoms with van der Waals surface area (Å²) in [6, 6.07) is 1.20. The zero-order valence-corrected chi connectivity index (χ0v) is 6.03. The minimum atomic E-state index is -0.483. The summed E-state index contributed by atoms with van der Waals surface area (Å²) in [4.78, 5) is 21.4. The summed E-state index contributed by atoms with van der Waals surface area (Å²) < 4.78 is 6.73. The van der Waals surface area contributed by atoms with Crippen LogP contribution in [0.2, 0.25) is 0 Å². The molecular formula is C5H5NO3S. The number of hydrogen-bond acceptors (Lipinski definition) is 4. The summed E-state index contributed by atoms with van der Waals surface area (Å²) in [5, 5.41) is 0. The summed E-state index contributed by atoms with van der Waals surface area (Å²) in [6.07, 6.45) is 0. The van der Waals surface area contributed by atoms with E-state index in [-0.39, 0.29) is 5.56 Å². The van der Waals surface area contributed by atoms with Crippen LogP contribution in [-0.2, 0) is 4.74 Å². The van der Waals surface area contributed by atoms with Crippen molar-refractivity contribution in [3.63, 3.8) is 0 Å². The summed E-state index contributed by atoms with van der Waals surface area (Å²) >= 11 is 0.970. The molecule has 0 atom stereocenters. The Kier molecular flexibility index (Phi) is 1.86. The van der Waals surface area contributed by atoms with Gasteiger partial charge in [0.25, 0.3) is 5.56 Å². The van der Waals surface area contributed by atoms with Crippen molar-refractivity contribution in [3.05, 3.63) is 21.3 Å². The molecule has 0 aliphatic heterocycles. The van der Waals surface area contributed by atoms with Crippen LogP contribution in [0.5, 0.6) is 0 Å². The molecule has 0 radical (unpaired) electrons. The Morgan fingerprint density at radius 3 is 2.90 bits per heavy atom. The first kappa shape index (κ1) is 7.01. The highest BCUT2D eigenvalue weighted by Gasteiger charge is 2.06.